The molecule has 36 heavy (non-hydrogen) atoms. The number of nitrogens with zero attached hydrogens (tertiary/aromatic N) is 3. The molecule has 1 aliphatic heterocycles. The van der Waals surface area contributed by atoms with Crippen LogP contribution < -0.4 is 10.1 Å². The van der Waals surface area contributed by atoms with Gasteiger partial charge in [0.25, 0.3) is 0 Å². The van der Waals surface area contributed by atoms with Crippen molar-refractivity contribution in [1.82, 2.24) is 14.8 Å². The summed E-state index contributed by atoms with van der Waals surface area (Å²) in [6.07, 6.45) is 3.51. The Labute approximate surface area is 214 Å². The predicted octanol–water partition coefficient (Wildman–Crippen LogP) is 5.91. The van der Waals surface area contributed by atoms with Gasteiger partial charge in [0.15, 0.2) is 0 Å². The summed E-state index contributed by atoms with van der Waals surface area (Å²) in [6, 6.07) is 13.7. The SMILES string of the molecule is C=CCOC(=O)C1=C(C)Nc2nc(SCc3ccccc3F)nn2C1c1cccc(OCCCC)c1. The number of rotatable bonds is 11. The second-order valence-electron chi connectivity index (χ2n) is 8.27. The van der Waals surface area contributed by atoms with E-state index in [9.17, 15) is 9.18 Å². The molecule has 0 radical (unpaired) electrons. The number of allylic oxidation sites excluding steroid dienone is 1. The Kier molecular flexibility index (Phi) is 8.43. The Balaban J connectivity index is 1.68. The lowest BCUT2D eigenvalue weighted by molar-refractivity contribution is -0.138. The second-order valence-corrected chi connectivity index (χ2v) is 9.21. The molecule has 0 saturated carbocycles. The van der Waals surface area contributed by atoms with Gasteiger partial charge in [-0.15, -0.1) is 5.10 Å². The number of carbonyl (C=O) groups is 1. The van der Waals surface area contributed by atoms with Crippen molar-refractivity contribution in [3.63, 3.8) is 0 Å². The molecule has 2 heterocycles. The van der Waals surface area contributed by atoms with Gasteiger partial charge < -0.3 is 14.8 Å². The Morgan fingerprint density at radius 1 is 1.28 bits per heavy atom. The van der Waals surface area contributed by atoms with E-state index < -0.39 is 12.0 Å². The average molecular weight is 509 g/mol. The first kappa shape index (κ1) is 25.5. The van der Waals surface area contributed by atoms with Crippen molar-refractivity contribution in [3.05, 3.63) is 89.4 Å². The van der Waals surface area contributed by atoms with Crippen molar-refractivity contribution in [2.24, 2.45) is 0 Å². The van der Waals surface area contributed by atoms with E-state index >= 15 is 0 Å². The zero-order chi connectivity index (χ0) is 25.5. The van der Waals surface area contributed by atoms with Crippen molar-refractivity contribution in [3.8, 4) is 5.75 Å². The molecule has 0 bridgehead atoms. The molecule has 1 aliphatic rings. The van der Waals surface area contributed by atoms with Crippen molar-refractivity contribution in [2.45, 2.75) is 43.6 Å². The molecular formula is C27H29FN4O3S. The summed E-state index contributed by atoms with van der Waals surface area (Å²) < 4.78 is 27.1. The van der Waals surface area contributed by atoms with Gasteiger partial charge in [-0.25, -0.2) is 13.9 Å². The number of fused-ring (bicyclic) bond motifs is 1. The van der Waals surface area contributed by atoms with E-state index in [-0.39, 0.29) is 12.4 Å². The Morgan fingerprint density at radius 2 is 2.11 bits per heavy atom. The third-order valence-corrected chi connectivity index (χ3v) is 6.53. The van der Waals surface area contributed by atoms with Gasteiger partial charge in [0, 0.05) is 11.4 Å². The molecule has 0 fully saturated rings. The number of carbonyl (C=O) groups excluding carboxylic acids is 1. The van der Waals surface area contributed by atoms with Gasteiger partial charge in [0.05, 0.1) is 12.2 Å². The fraction of sp³-hybridized carbons (Fsp3) is 0.296. The van der Waals surface area contributed by atoms with Crippen LogP contribution in [0.5, 0.6) is 5.75 Å². The van der Waals surface area contributed by atoms with Gasteiger partial charge in [0.2, 0.25) is 11.1 Å². The van der Waals surface area contributed by atoms with Crippen LogP contribution in [0, 0.1) is 5.82 Å². The number of anilines is 1. The number of ether oxygens (including phenoxy) is 2. The maximum Gasteiger partial charge on any atom is 0.338 e. The molecule has 188 valence electrons. The van der Waals surface area contributed by atoms with Crippen LogP contribution >= 0.6 is 11.8 Å². The highest BCUT2D eigenvalue weighted by Gasteiger charge is 2.35. The van der Waals surface area contributed by atoms with Crippen molar-refractivity contribution < 1.29 is 18.7 Å². The van der Waals surface area contributed by atoms with E-state index in [1.54, 1.807) is 22.9 Å². The first-order chi connectivity index (χ1) is 17.5. The van der Waals surface area contributed by atoms with Crippen molar-refractivity contribution >= 4 is 23.7 Å². The van der Waals surface area contributed by atoms with Gasteiger partial charge in [0.1, 0.15) is 24.2 Å². The minimum atomic E-state index is -0.580. The number of nitrogens with one attached hydrogen (secondary N) is 1. The van der Waals surface area contributed by atoms with E-state index in [0.29, 0.717) is 46.0 Å². The van der Waals surface area contributed by atoms with E-state index in [1.165, 1.54) is 23.9 Å². The van der Waals surface area contributed by atoms with Gasteiger partial charge in [-0.05, 0) is 42.7 Å². The smallest absolute Gasteiger partial charge is 0.338 e. The van der Waals surface area contributed by atoms with E-state index in [4.69, 9.17) is 9.47 Å². The maximum atomic E-state index is 14.1. The van der Waals surface area contributed by atoms with Gasteiger partial charge in [-0.1, -0.05) is 68.1 Å². The summed E-state index contributed by atoms with van der Waals surface area (Å²) in [5.74, 6) is 0.846. The molecule has 3 aromatic rings. The summed E-state index contributed by atoms with van der Waals surface area (Å²) in [4.78, 5) is 17.7. The molecule has 4 rings (SSSR count). The van der Waals surface area contributed by atoms with Crippen molar-refractivity contribution in [1.29, 1.82) is 0 Å². The van der Waals surface area contributed by atoms with Crippen LogP contribution in [0.3, 0.4) is 0 Å². The standard InChI is InChI=1S/C27H29FN4O3S/c1-4-6-15-34-21-12-9-11-19(16-21)24-23(25(33)35-14-5-2)18(3)29-26-30-27(31-32(24)26)36-17-20-10-7-8-13-22(20)28/h5,7-13,16,24H,2,4,6,14-15,17H2,1,3H3,(H,29,30,31). The third-order valence-electron chi connectivity index (χ3n) is 5.64. The highest BCUT2D eigenvalue weighted by molar-refractivity contribution is 7.98. The van der Waals surface area contributed by atoms with Crippen LogP contribution in [-0.2, 0) is 15.3 Å². The van der Waals surface area contributed by atoms with E-state index in [1.807, 2.05) is 31.2 Å². The average Bonchev–Trinajstić information content (AvgIpc) is 3.28. The number of hydrogen-bond donors (Lipinski definition) is 1. The number of aromatic nitrogens is 3. The summed E-state index contributed by atoms with van der Waals surface area (Å²) in [6.45, 7) is 8.25. The third kappa shape index (κ3) is 5.79. The Morgan fingerprint density at radius 3 is 2.89 bits per heavy atom. The maximum absolute atomic E-state index is 14.1. The quantitative estimate of drug-likeness (QED) is 0.149. The topological polar surface area (TPSA) is 78.3 Å². The monoisotopic (exact) mass is 508 g/mol. The lowest BCUT2D eigenvalue weighted by Crippen LogP contribution is -2.29. The molecule has 9 heteroatoms. The summed E-state index contributed by atoms with van der Waals surface area (Å²) >= 11 is 1.32. The predicted molar refractivity (Wildman–Crippen MR) is 138 cm³/mol. The molecule has 1 N–H and O–H groups in total. The lowest BCUT2D eigenvalue weighted by atomic mass is 9.95. The van der Waals surface area contributed by atoms with Crippen LogP contribution in [0.4, 0.5) is 10.3 Å². The molecule has 0 saturated heterocycles. The Hall–Kier alpha value is -3.59. The molecule has 0 spiro atoms. The van der Waals surface area contributed by atoms with E-state index in [0.717, 1.165) is 18.4 Å². The highest BCUT2D eigenvalue weighted by atomic mass is 32.2. The number of hydrogen-bond acceptors (Lipinski definition) is 7. The number of thioether (sulfide) groups is 1. The largest absolute Gasteiger partial charge is 0.494 e. The van der Waals surface area contributed by atoms with Crippen LogP contribution in [0.1, 0.15) is 43.9 Å². The molecule has 0 amide bonds. The molecule has 0 aliphatic carbocycles. The molecular weight excluding hydrogens is 479 g/mol. The first-order valence-corrected chi connectivity index (χ1v) is 12.8. The normalized spacial score (nSPS) is 14.7. The van der Waals surface area contributed by atoms with E-state index in [2.05, 4.69) is 28.9 Å². The van der Waals surface area contributed by atoms with Crippen LogP contribution in [-0.4, -0.2) is 33.9 Å². The van der Waals surface area contributed by atoms with Crippen LogP contribution in [0.2, 0.25) is 0 Å². The lowest BCUT2D eigenvalue weighted by Gasteiger charge is -2.28. The second kappa shape index (κ2) is 11.9. The number of halogens is 1. The first-order valence-electron chi connectivity index (χ1n) is 11.8. The summed E-state index contributed by atoms with van der Waals surface area (Å²) in [5, 5.41) is 8.33. The molecule has 7 nitrogen and oxygen atoms in total. The minimum absolute atomic E-state index is 0.0937. The van der Waals surface area contributed by atoms with Crippen molar-refractivity contribution in [2.75, 3.05) is 18.5 Å². The van der Waals surface area contributed by atoms with Gasteiger partial charge in [-0.3, -0.25) is 0 Å². The van der Waals surface area contributed by atoms with Crippen LogP contribution in [0.25, 0.3) is 0 Å². The number of benzene rings is 2. The summed E-state index contributed by atoms with van der Waals surface area (Å²) in [7, 11) is 0. The fourth-order valence-corrected chi connectivity index (χ4v) is 4.66. The highest BCUT2D eigenvalue weighted by Crippen LogP contribution is 2.38. The molecule has 1 aromatic heterocycles. The number of esters is 1. The zero-order valence-corrected chi connectivity index (χ0v) is 21.2. The van der Waals surface area contributed by atoms with Gasteiger partial charge >= 0.3 is 5.97 Å². The minimum Gasteiger partial charge on any atom is -0.494 e. The summed E-state index contributed by atoms with van der Waals surface area (Å²) in [5.41, 5.74) is 2.43. The molecule has 2 aromatic carbocycles. The number of unbranched alkanes of at least 4 members (excludes halogenated alkanes) is 1. The Bertz CT molecular complexity index is 1270. The zero-order valence-electron chi connectivity index (χ0n) is 20.4. The van der Waals surface area contributed by atoms with Gasteiger partial charge in [-0.2, -0.15) is 4.98 Å². The molecule has 1 atom stereocenters. The van der Waals surface area contributed by atoms with Crippen LogP contribution in [0.15, 0.2) is 77.6 Å². The fourth-order valence-electron chi connectivity index (χ4n) is 3.84. The molecule has 1 unspecified atom stereocenters.